The van der Waals surface area contributed by atoms with Gasteiger partial charge in [-0.2, -0.15) is 20.1 Å². The lowest BCUT2D eigenvalue weighted by atomic mass is 10.3. The van der Waals surface area contributed by atoms with Gasteiger partial charge in [0.2, 0.25) is 11.9 Å². The van der Waals surface area contributed by atoms with E-state index in [1.807, 2.05) is 19.2 Å². The third kappa shape index (κ3) is 3.90. The van der Waals surface area contributed by atoms with Crippen LogP contribution in [0, 0.1) is 0 Å². The molecular weight excluding hydrogens is 266 g/mol. The lowest BCUT2D eigenvalue weighted by Gasteiger charge is -2.21. The van der Waals surface area contributed by atoms with Crippen LogP contribution in [0.15, 0.2) is 18.5 Å². The molecule has 0 aliphatic carbocycles. The fourth-order valence-electron chi connectivity index (χ4n) is 1.97. The number of hydrogen-bond donors (Lipinski definition) is 1. The van der Waals surface area contributed by atoms with E-state index < -0.39 is 0 Å². The topological polar surface area (TPSA) is 71.8 Å². The first-order chi connectivity index (χ1) is 10.3. The highest BCUT2D eigenvalue weighted by molar-refractivity contribution is 5.39. The highest BCUT2D eigenvalue weighted by atomic mass is 15.4. The van der Waals surface area contributed by atoms with Crippen LogP contribution >= 0.6 is 0 Å². The number of aromatic nitrogens is 5. The van der Waals surface area contributed by atoms with Crippen molar-refractivity contribution >= 4 is 11.9 Å². The van der Waals surface area contributed by atoms with E-state index in [1.54, 1.807) is 10.9 Å². The second-order valence-corrected chi connectivity index (χ2v) is 4.67. The van der Waals surface area contributed by atoms with Crippen LogP contribution in [0.25, 0.3) is 5.95 Å². The van der Waals surface area contributed by atoms with Gasteiger partial charge in [-0.15, -0.1) is 0 Å². The molecule has 2 rings (SSSR count). The molecule has 0 aromatic carbocycles. The van der Waals surface area contributed by atoms with Crippen LogP contribution in [0.1, 0.15) is 33.6 Å². The molecule has 21 heavy (non-hydrogen) atoms. The maximum atomic E-state index is 4.55. The van der Waals surface area contributed by atoms with E-state index in [0.29, 0.717) is 17.8 Å². The summed E-state index contributed by atoms with van der Waals surface area (Å²) in [4.78, 5) is 15.6. The molecule has 7 heteroatoms. The van der Waals surface area contributed by atoms with Gasteiger partial charge in [-0.1, -0.05) is 13.3 Å². The van der Waals surface area contributed by atoms with Crippen LogP contribution in [0.5, 0.6) is 0 Å². The minimum absolute atomic E-state index is 0.538. The van der Waals surface area contributed by atoms with Crippen LogP contribution in [-0.4, -0.2) is 44.4 Å². The Morgan fingerprint density at radius 2 is 2.05 bits per heavy atom. The van der Waals surface area contributed by atoms with Gasteiger partial charge >= 0.3 is 0 Å². The van der Waals surface area contributed by atoms with Crippen molar-refractivity contribution in [2.45, 2.75) is 33.6 Å². The van der Waals surface area contributed by atoms with E-state index in [-0.39, 0.29) is 0 Å². The summed E-state index contributed by atoms with van der Waals surface area (Å²) in [6.45, 7) is 8.89. The average Bonchev–Trinajstić information content (AvgIpc) is 3.02. The Morgan fingerprint density at radius 3 is 2.67 bits per heavy atom. The molecule has 0 saturated carbocycles. The number of nitrogens with one attached hydrogen (secondary N) is 1. The van der Waals surface area contributed by atoms with Crippen molar-refractivity contribution in [1.82, 2.24) is 24.7 Å². The summed E-state index contributed by atoms with van der Waals surface area (Å²) < 4.78 is 1.65. The summed E-state index contributed by atoms with van der Waals surface area (Å²) in [6.07, 6.45) is 5.81. The Hall–Kier alpha value is -2.18. The number of rotatable bonds is 8. The molecule has 114 valence electrons. The number of hydrogen-bond acceptors (Lipinski definition) is 6. The Kier molecular flexibility index (Phi) is 5.48. The molecule has 0 aliphatic heterocycles. The molecule has 1 N–H and O–H groups in total. The standard InChI is InChI=1S/C14H23N7/c1-4-7-10-20(6-3)13-17-12(15-5-2)18-14(19-13)21-11-8-9-16-21/h8-9,11H,4-7,10H2,1-3H3,(H,15,17,18,19). The lowest BCUT2D eigenvalue weighted by Crippen LogP contribution is -2.27. The van der Waals surface area contributed by atoms with Gasteiger partial charge < -0.3 is 10.2 Å². The highest BCUT2D eigenvalue weighted by Crippen LogP contribution is 2.13. The zero-order valence-corrected chi connectivity index (χ0v) is 13.0. The summed E-state index contributed by atoms with van der Waals surface area (Å²) in [5.41, 5.74) is 0. The first kappa shape index (κ1) is 15.2. The lowest BCUT2D eigenvalue weighted by molar-refractivity contribution is 0.702. The van der Waals surface area contributed by atoms with Crippen LogP contribution < -0.4 is 10.2 Å². The average molecular weight is 289 g/mol. The fraction of sp³-hybridized carbons (Fsp3) is 0.571. The van der Waals surface area contributed by atoms with E-state index >= 15 is 0 Å². The molecule has 2 aromatic heterocycles. The molecule has 0 aliphatic rings. The Balaban J connectivity index is 2.34. The zero-order valence-electron chi connectivity index (χ0n) is 13.0. The van der Waals surface area contributed by atoms with Gasteiger partial charge in [-0.25, -0.2) is 4.68 Å². The first-order valence-electron chi connectivity index (χ1n) is 7.53. The van der Waals surface area contributed by atoms with Crippen LogP contribution in [0.3, 0.4) is 0 Å². The predicted molar refractivity (Wildman–Crippen MR) is 83.9 cm³/mol. The van der Waals surface area contributed by atoms with E-state index in [1.165, 1.54) is 0 Å². The molecular formula is C14H23N7. The summed E-state index contributed by atoms with van der Waals surface area (Å²) in [6, 6.07) is 1.85. The Morgan fingerprint density at radius 1 is 1.19 bits per heavy atom. The first-order valence-corrected chi connectivity index (χ1v) is 7.53. The van der Waals surface area contributed by atoms with Gasteiger partial charge in [0, 0.05) is 32.0 Å². The molecule has 2 aromatic rings. The molecule has 0 unspecified atom stereocenters. The van der Waals surface area contributed by atoms with Gasteiger partial charge in [0.05, 0.1) is 0 Å². The maximum absolute atomic E-state index is 4.55. The van der Waals surface area contributed by atoms with Crippen molar-refractivity contribution in [3.63, 3.8) is 0 Å². The molecule has 0 fully saturated rings. The fourth-order valence-corrected chi connectivity index (χ4v) is 1.97. The van der Waals surface area contributed by atoms with Gasteiger partial charge in [-0.3, -0.25) is 0 Å². The quantitative estimate of drug-likeness (QED) is 0.802. The SMILES string of the molecule is CCCCN(CC)c1nc(NCC)nc(-n2cccn2)n1. The molecule has 2 heterocycles. The van der Waals surface area contributed by atoms with Crippen molar-refractivity contribution in [3.05, 3.63) is 18.5 Å². The molecule has 0 bridgehead atoms. The van der Waals surface area contributed by atoms with Crippen LogP contribution in [0.4, 0.5) is 11.9 Å². The molecule has 0 radical (unpaired) electrons. The minimum Gasteiger partial charge on any atom is -0.354 e. The molecule has 0 spiro atoms. The summed E-state index contributed by atoms with van der Waals surface area (Å²) in [5, 5.41) is 7.35. The van der Waals surface area contributed by atoms with E-state index in [0.717, 1.165) is 32.5 Å². The number of anilines is 2. The van der Waals surface area contributed by atoms with Gasteiger partial charge in [0.25, 0.3) is 5.95 Å². The molecule has 7 nitrogen and oxygen atoms in total. The molecule has 0 atom stereocenters. The summed E-state index contributed by atoms with van der Waals surface area (Å²) >= 11 is 0. The van der Waals surface area contributed by atoms with E-state index in [4.69, 9.17) is 0 Å². The normalized spacial score (nSPS) is 10.6. The minimum atomic E-state index is 0.538. The predicted octanol–water partition coefficient (Wildman–Crippen LogP) is 2.12. The van der Waals surface area contributed by atoms with Gasteiger partial charge in [0.15, 0.2) is 0 Å². The van der Waals surface area contributed by atoms with Crippen molar-refractivity contribution in [1.29, 1.82) is 0 Å². The molecule has 0 amide bonds. The monoisotopic (exact) mass is 289 g/mol. The van der Waals surface area contributed by atoms with Gasteiger partial charge in [0.1, 0.15) is 0 Å². The van der Waals surface area contributed by atoms with Crippen molar-refractivity contribution in [2.24, 2.45) is 0 Å². The van der Waals surface area contributed by atoms with E-state index in [9.17, 15) is 0 Å². The van der Waals surface area contributed by atoms with Crippen molar-refractivity contribution in [3.8, 4) is 5.95 Å². The summed E-state index contributed by atoms with van der Waals surface area (Å²) in [5.74, 6) is 1.82. The second kappa shape index (κ2) is 7.56. The third-order valence-corrected chi connectivity index (χ3v) is 3.10. The Labute approximate surface area is 125 Å². The third-order valence-electron chi connectivity index (χ3n) is 3.10. The highest BCUT2D eigenvalue weighted by Gasteiger charge is 2.13. The van der Waals surface area contributed by atoms with Crippen LogP contribution in [0.2, 0.25) is 0 Å². The van der Waals surface area contributed by atoms with Gasteiger partial charge in [-0.05, 0) is 26.3 Å². The largest absolute Gasteiger partial charge is 0.354 e. The van der Waals surface area contributed by atoms with Crippen molar-refractivity contribution in [2.75, 3.05) is 29.9 Å². The van der Waals surface area contributed by atoms with E-state index in [2.05, 4.69) is 44.1 Å². The second-order valence-electron chi connectivity index (χ2n) is 4.67. The molecule has 0 saturated heterocycles. The number of unbranched alkanes of at least 4 members (excludes halogenated alkanes) is 1. The van der Waals surface area contributed by atoms with Crippen molar-refractivity contribution < 1.29 is 0 Å². The smallest absolute Gasteiger partial charge is 0.257 e. The summed E-state index contributed by atoms with van der Waals surface area (Å²) in [7, 11) is 0. The maximum Gasteiger partial charge on any atom is 0.257 e. The zero-order chi connectivity index (χ0) is 15.1. The van der Waals surface area contributed by atoms with Crippen LogP contribution in [-0.2, 0) is 0 Å². The Bertz CT molecular complexity index is 538. The number of nitrogens with zero attached hydrogens (tertiary/aromatic N) is 6.